The maximum atomic E-state index is 12.1. The largest absolute Gasteiger partial charge is 0.361 e. The molecule has 0 atom stereocenters. The average Bonchev–Trinajstić information content (AvgIpc) is 3.25. The van der Waals surface area contributed by atoms with Crippen LogP contribution in [-0.2, 0) is 17.8 Å². The number of benzene rings is 2. The van der Waals surface area contributed by atoms with Crippen LogP contribution in [0.25, 0.3) is 17.0 Å². The van der Waals surface area contributed by atoms with Crippen molar-refractivity contribution in [1.29, 1.82) is 5.26 Å². The molecule has 2 aromatic carbocycles. The molecule has 152 valence electrons. The molecule has 0 unspecified atom stereocenters. The van der Waals surface area contributed by atoms with Crippen molar-refractivity contribution >= 4 is 22.9 Å². The van der Waals surface area contributed by atoms with Crippen molar-refractivity contribution < 1.29 is 4.79 Å². The van der Waals surface area contributed by atoms with Crippen LogP contribution in [0, 0.1) is 11.3 Å². The summed E-state index contributed by atoms with van der Waals surface area (Å²) in [5.74, 6) is -0.0555. The smallest absolute Gasteiger partial charge is 0.243 e. The number of aromatic nitrogens is 1. The highest BCUT2D eigenvalue weighted by atomic mass is 16.1. The number of rotatable bonds is 7. The van der Waals surface area contributed by atoms with Gasteiger partial charge in [-0.15, -0.1) is 0 Å². The first-order valence-corrected chi connectivity index (χ1v) is 10.5. The third kappa shape index (κ3) is 4.97. The van der Waals surface area contributed by atoms with Crippen molar-refractivity contribution in [1.82, 2.24) is 15.2 Å². The second-order valence-electron chi connectivity index (χ2n) is 7.78. The molecule has 0 aliphatic carbocycles. The lowest BCUT2D eigenvalue weighted by Gasteiger charge is -2.28. The fourth-order valence-corrected chi connectivity index (χ4v) is 3.95. The van der Waals surface area contributed by atoms with Gasteiger partial charge >= 0.3 is 0 Å². The van der Waals surface area contributed by atoms with Gasteiger partial charge in [0.05, 0.1) is 11.6 Å². The number of H-pyrrole nitrogens is 1. The van der Waals surface area contributed by atoms with Gasteiger partial charge in [-0.2, -0.15) is 5.26 Å². The zero-order valence-electron chi connectivity index (χ0n) is 17.0. The summed E-state index contributed by atoms with van der Waals surface area (Å²) in [7, 11) is 0. The summed E-state index contributed by atoms with van der Waals surface area (Å²) in [6.45, 7) is 3.66. The van der Waals surface area contributed by atoms with E-state index in [1.165, 1.54) is 11.1 Å². The topological polar surface area (TPSA) is 71.9 Å². The molecule has 2 heterocycles. The Bertz CT molecular complexity index is 1110. The molecule has 1 amide bonds. The minimum atomic E-state index is -0.0555. The lowest BCUT2D eigenvalue weighted by atomic mass is 9.97. The maximum absolute atomic E-state index is 12.1. The fraction of sp³-hybridized carbons (Fsp3) is 0.280. The molecule has 0 radical (unpaired) electrons. The Morgan fingerprint density at radius 2 is 2.10 bits per heavy atom. The van der Waals surface area contributed by atoms with E-state index in [2.05, 4.69) is 33.4 Å². The molecule has 1 aliphatic rings. The van der Waals surface area contributed by atoms with E-state index < -0.39 is 0 Å². The predicted octanol–water partition coefficient (Wildman–Crippen LogP) is 4.01. The van der Waals surface area contributed by atoms with Gasteiger partial charge < -0.3 is 10.3 Å². The van der Waals surface area contributed by atoms with Gasteiger partial charge in [-0.3, -0.25) is 9.69 Å². The average molecular weight is 399 g/mol. The van der Waals surface area contributed by atoms with Crippen LogP contribution in [0.3, 0.4) is 0 Å². The van der Waals surface area contributed by atoms with E-state index in [1.807, 2.05) is 42.6 Å². The summed E-state index contributed by atoms with van der Waals surface area (Å²) in [5.41, 5.74) is 5.48. The van der Waals surface area contributed by atoms with E-state index in [1.54, 1.807) is 6.08 Å². The number of fused-ring (bicyclic) bond motifs is 2. The minimum absolute atomic E-state index is 0.0555. The molecule has 30 heavy (non-hydrogen) atoms. The van der Waals surface area contributed by atoms with Gasteiger partial charge in [0.2, 0.25) is 5.91 Å². The molecule has 0 saturated heterocycles. The Hall–Kier alpha value is -3.36. The molecule has 0 fully saturated rings. The maximum Gasteiger partial charge on any atom is 0.243 e. The van der Waals surface area contributed by atoms with Crippen molar-refractivity contribution in [3.63, 3.8) is 0 Å². The molecule has 3 aromatic rings. The normalized spacial score (nSPS) is 14.0. The summed E-state index contributed by atoms with van der Waals surface area (Å²) in [5, 5.41) is 13.2. The van der Waals surface area contributed by atoms with E-state index in [0.717, 1.165) is 60.9 Å². The highest BCUT2D eigenvalue weighted by Crippen LogP contribution is 2.20. The zero-order chi connectivity index (χ0) is 20.8. The first-order valence-electron chi connectivity index (χ1n) is 10.5. The van der Waals surface area contributed by atoms with Crippen molar-refractivity contribution in [3.8, 4) is 6.07 Å². The lowest BCUT2D eigenvalue weighted by Crippen LogP contribution is -2.32. The number of nitrogens with one attached hydrogen (secondary N) is 2. The third-order valence-corrected chi connectivity index (χ3v) is 5.63. The SMILES string of the molecule is N#Cc1ccc2c(c1)CN(CCCCNC(=O)/C=C/c1ccc3[nH]ccc3c1)CC2. The number of nitrogens with zero attached hydrogens (tertiary/aromatic N) is 2. The first kappa shape index (κ1) is 19.9. The zero-order valence-corrected chi connectivity index (χ0v) is 17.0. The number of unbranched alkanes of at least 4 members (excludes halogenated alkanes) is 1. The number of hydrogen-bond acceptors (Lipinski definition) is 3. The minimum Gasteiger partial charge on any atom is -0.361 e. The van der Waals surface area contributed by atoms with E-state index in [0.29, 0.717) is 6.54 Å². The van der Waals surface area contributed by atoms with Crippen molar-refractivity contribution in [2.75, 3.05) is 19.6 Å². The Morgan fingerprint density at radius 1 is 1.17 bits per heavy atom. The predicted molar refractivity (Wildman–Crippen MR) is 120 cm³/mol. The Kier molecular flexibility index (Phi) is 6.26. The Labute approximate surface area is 177 Å². The van der Waals surface area contributed by atoms with Crippen LogP contribution in [0.1, 0.15) is 35.1 Å². The molecular formula is C25H26N4O. The number of hydrogen-bond donors (Lipinski definition) is 2. The molecule has 5 nitrogen and oxygen atoms in total. The molecule has 5 heteroatoms. The summed E-state index contributed by atoms with van der Waals surface area (Å²) in [4.78, 5) is 17.7. The number of aromatic amines is 1. The molecule has 2 N–H and O–H groups in total. The summed E-state index contributed by atoms with van der Waals surface area (Å²) in [6.07, 6.45) is 8.40. The van der Waals surface area contributed by atoms with Gasteiger partial charge in [-0.1, -0.05) is 12.1 Å². The fourth-order valence-electron chi connectivity index (χ4n) is 3.95. The number of nitriles is 1. The lowest BCUT2D eigenvalue weighted by molar-refractivity contribution is -0.116. The molecule has 0 bridgehead atoms. The van der Waals surface area contributed by atoms with Gasteiger partial charge in [0, 0.05) is 37.4 Å². The van der Waals surface area contributed by atoms with Gasteiger partial charge in [-0.25, -0.2) is 0 Å². The molecule has 0 saturated carbocycles. The number of amides is 1. The molecule has 1 aliphatic heterocycles. The summed E-state index contributed by atoms with van der Waals surface area (Å²) in [6, 6.07) is 16.3. The van der Waals surface area contributed by atoms with Crippen molar-refractivity contribution in [2.24, 2.45) is 0 Å². The quantitative estimate of drug-likeness (QED) is 0.467. The number of carbonyl (C=O) groups excluding carboxylic acids is 1. The second-order valence-corrected chi connectivity index (χ2v) is 7.78. The molecule has 4 rings (SSSR count). The van der Waals surface area contributed by atoms with Crippen molar-refractivity contribution in [3.05, 3.63) is 77.0 Å². The summed E-state index contributed by atoms with van der Waals surface area (Å²) < 4.78 is 0. The van der Waals surface area contributed by atoms with Crippen LogP contribution >= 0.6 is 0 Å². The highest BCUT2D eigenvalue weighted by Gasteiger charge is 2.16. The van der Waals surface area contributed by atoms with Crippen LogP contribution in [0.5, 0.6) is 0 Å². The Morgan fingerprint density at radius 3 is 3.00 bits per heavy atom. The van der Waals surface area contributed by atoms with Gasteiger partial charge in [0.25, 0.3) is 0 Å². The summed E-state index contributed by atoms with van der Waals surface area (Å²) >= 11 is 0. The van der Waals surface area contributed by atoms with Gasteiger partial charge in [0.15, 0.2) is 0 Å². The van der Waals surface area contributed by atoms with E-state index in [9.17, 15) is 4.79 Å². The van der Waals surface area contributed by atoms with Crippen LogP contribution in [0.4, 0.5) is 0 Å². The van der Waals surface area contributed by atoms with E-state index >= 15 is 0 Å². The Balaban J connectivity index is 1.16. The van der Waals surface area contributed by atoms with Gasteiger partial charge in [-0.05, 0) is 84.3 Å². The van der Waals surface area contributed by atoms with Crippen molar-refractivity contribution in [2.45, 2.75) is 25.8 Å². The van der Waals surface area contributed by atoms with Crippen LogP contribution < -0.4 is 5.32 Å². The first-order chi connectivity index (χ1) is 14.7. The second kappa shape index (κ2) is 9.43. The standard InChI is InChI=1S/C25H26N4O/c26-17-20-3-6-21-10-14-29(18-23(21)16-20)13-2-1-11-28-25(30)8-5-19-4-7-24-22(15-19)9-12-27-24/h3-9,12,15-16,27H,1-2,10-11,13-14,18H2,(H,28,30)/b8-5+. The highest BCUT2D eigenvalue weighted by molar-refractivity contribution is 5.92. The van der Waals surface area contributed by atoms with E-state index in [-0.39, 0.29) is 5.91 Å². The molecule has 1 aromatic heterocycles. The molecular weight excluding hydrogens is 372 g/mol. The van der Waals surface area contributed by atoms with Crippen LogP contribution in [0.15, 0.2) is 54.7 Å². The van der Waals surface area contributed by atoms with E-state index in [4.69, 9.17) is 5.26 Å². The van der Waals surface area contributed by atoms with Crippen LogP contribution in [-0.4, -0.2) is 35.4 Å². The third-order valence-electron chi connectivity index (χ3n) is 5.63. The van der Waals surface area contributed by atoms with Crippen LogP contribution in [0.2, 0.25) is 0 Å². The molecule has 0 spiro atoms. The monoisotopic (exact) mass is 398 g/mol. The number of carbonyl (C=O) groups is 1. The van der Waals surface area contributed by atoms with Gasteiger partial charge in [0.1, 0.15) is 0 Å².